The van der Waals surface area contributed by atoms with Crippen LogP contribution in [-0.2, 0) is 7.05 Å². The molecular formula is C22H22LiN2O+. The molecule has 0 unspecified atom stereocenters. The number of hydrogen-bond donors (Lipinski definition) is 0. The van der Waals surface area contributed by atoms with Crippen LogP contribution in [0.1, 0.15) is 26.4 Å². The fourth-order valence-corrected chi connectivity index (χ4v) is 3.70. The molecule has 0 saturated heterocycles. The largest absolute Gasteiger partial charge is 1.00 e. The van der Waals surface area contributed by atoms with Crippen molar-refractivity contribution in [3.05, 3.63) is 64.8 Å². The molecule has 0 spiro atoms. The van der Waals surface area contributed by atoms with E-state index in [-0.39, 0.29) is 24.6 Å². The van der Waals surface area contributed by atoms with E-state index in [1.807, 2.05) is 73.5 Å². The molecule has 4 aromatic rings. The molecule has 4 heteroatoms. The van der Waals surface area contributed by atoms with Gasteiger partial charge in [-0.05, 0) is 62.5 Å². The van der Waals surface area contributed by atoms with Crippen LogP contribution in [0, 0.1) is 27.6 Å². The van der Waals surface area contributed by atoms with Gasteiger partial charge < -0.3 is 5.11 Å². The van der Waals surface area contributed by atoms with Crippen LogP contribution in [0.25, 0.3) is 27.6 Å². The molecule has 2 heterocycles. The van der Waals surface area contributed by atoms with Gasteiger partial charge in [-0.15, -0.1) is 0 Å². The number of pyridine rings is 1. The Bertz CT molecular complexity index is 1260. The fourth-order valence-electron chi connectivity index (χ4n) is 3.70. The molecule has 0 amide bonds. The van der Waals surface area contributed by atoms with E-state index < -0.39 is 6.85 Å². The van der Waals surface area contributed by atoms with E-state index in [0.29, 0.717) is 28.1 Å². The third-order valence-electron chi connectivity index (χ3n) is 5.00. The summed E-state index contributed by atoms with van der Waals surface area (Å²) in [7, 11) is 1.90. The van der Waals surface area contributed by atoms with E-state index in [1.165, 1.54) is 0 Å². The summed E-state index contributed by atoms with van der Waals surface area (Å²) in [5.74, 6) is 0.733. The molecule has 0 bridgehead atoms. The average molecular weight is 340 g/mol. The van der Waals surface area contributed by atoms with E-state index in [1.54, 1.807) is 6.07 Å². The summed E-state index contributed by atoms with van der Waals surface area (Å²) in [6, 6.07) is 11.6. The zero-order valence-corrected chi connectivity index (χ0v) is 15.8. The van der Waals surface area contributed by atoms with Gasteiger partial charge in [0.15, 0.2) is 0 Å². The third-order valence-corrected chi connectivity index (χ3v) is 5.00. The Morgan fingerprint density at radius 3 is 2.46 bits per heavy atom. The summed E-state index contributed by atoms with van der Waals surface area (Å²) in [6.45, 7) is 3.27. The second-order valence-corrected chi connectivity index (χ2v) is 6.74. The van der Waals surface area contributed by atoms with Crippen LogP contribution in [0.4, 0.5) is 0 Å². The van der Waals surface area contributed by atoms with E-state index in [4.69, 9.17) is 4.11 Å². The van der Waals surface area contributed by atoms with Crippen LogP contribution in [0.5, 0.6) is 5.75 Å². The summed E-state index contributed by atoms with van der Waals surface area (Å²) in [4.78, 5) is 0. The molecule has 2 aromatic carbocycles. The molecule has 0 atom stereocenters. The van der Waals surface area contributed by atoms with Gasteiger partial charge in [-0.3, -0.25) is 0 Å². The Kier molecular flexibility index (Phi) is 3.73. The van der Waals surface area contributed by atoms with Crippen LogP contribution in [0.3, 0.4) is 0 Å². The number of fused-ring (bicyclic) bond motifs is 3. The quantitative estimate of drug-likeness (QED) is 0.375. The number of rotatable bonds is 1. The van der Waals surface area contributed by atoms with Crippen molar-refractivity contribution < 1.29 is 32.6 Å². The van der Waals surface area contributed by atoms with Gasteiger partial charge >= 0.3 is 18.9 Å². The second-order valence-electron chi connectivity index (χ2n) is 6.74. The molecule has 26 heavy (non-hydrogen) atoms. The van der Waals surface area contributed by atoms with Gasteiger partial charge in [0.2, 0.25) is 0 Å². The van der Waals surface area contributed by atoms with Gasteiger partial charge in [-0.2, -0.15) is 4.57 Å². The van der Waals surface area contributed by atoms with Crippen molar-refractivity contribution in [3.8, 4) is 11.6 Å². The van der Waals surface area contributed by atoms with Gasteiger partial charge in [0, 0.05) is 21.0 Å². The molecule has 3 nitrogen and oxygen atoms in total. The maximum absolute atomic E-state index is 12.7. The zero-order valence-electron chi connectivity index (χ0n) is 18.8. The Balaban J connectivity index is 0.00000240. The maximum Gasteiger partial charge on any atom is 1.00 e. The van der Waals surface area contributed by atoms with Crippen molar-refractivity contribution in [2.45, 2.75) is 27.6 Å². The third kappa shape index (κ3) is 2.55. The van der Waals surface area contributed by atoms with E-state index >= 15 is 0 Å². The molecule has 0 N–H and O–H groups in total. The molecule has 0 aliphatic heterocycles. The van der Waals surface area contributed by atoms with Gasteiger partial charge in [0.25, 0.3) is 5.82 Å². The second kappa shape index (κ2) is 6.50. The molecule has 0 fully saturated rings. The first kappa shape index (κ1) is 14.9. The van der Waals surface area contributed by atoms with Crippen LogP contribution < -0.4 is 28.5 Å². The summed E-state index contributed by atoms with van der Waals surface area (Å²) >= 11 is 0. The summed E-state index contributed by atoms with van der Waals surface area (Å²) in [5, 5.41) is 14.7. The minimum absolute atomic E-state index is 0. The van der Waals surface area contributed by atoms with Gasteiger partial charge in [0.1, 0.15) is 11.0 Å². The van der Waals surface area contributed by atoms with Crippen molar-refractivity contribution in [2.24, 2.45) is 7.05 Å². The van der Waals surface area contributed by atoms with Crippen LogP contribution in [-0.4, -0.2) is 4.57 Å². The fraction of sp³-hybridized carbons (Fsp3) is 0.227. The molecule has 4 rings (SSSR count). The molecule has 0 radical (unpaired) electrons. The Morgan fingerprint density at radius 1 is 1.00 bits per heavy atom. The molecule has 126 valence electrons. The molecule has 0 aliphatic carbocycles. The van der Waals surface area contributed by atoms with E-state index in [9.17, 15) is 5.11 Å². The zero-order chi connectivity index (χ0) is 20.4. The predicted octanol–water partition coefficient (Wildman–Crippen LogP) is 0.919. The molecule has 0 aliphatic rings. The van der Waals surface area contributed by atoms with E-state index in [2.05, 4.69) is 0 Å². The Labute approximate surface area is 170 Å². The number of nitrogens with zero attached hydrogens (tertiary/aromatic N) is 2. The average Bonchev–Trinajstić information content (AvgIpc) is 2.93. The number of aryl methyl sites for hydroxylation is 5. The van der Waals surface area contributed by atoms with Crippen molar-refractivity contribution in [3.63, 3.8) is 0 Å². The van der Waals surface area contributed by atoms with Gasteiger partial charge in [-0.1, -0.05) is 23.4 Å². The summed E-state index contributed by atoms with van der Waals surface area (Å²) < 4.78 is 27.6. The standard InChI is InChI=1S/C22H22N2O.Li/c1-13-11-20(23(5)12-15(13)3)24-19-9-7-6-8-17(19)18-10-14(2)22(25)16(4)21(18)24;/h6-12H,1-5H3;/q;+1/i1D3;. The number of para-hydroxylation sites is 1. The van der Waals surface area contributed by atoms with Crippen LogP contribution >= 0.6 is 0 Å². The number of aromatic nitrogens is 2. The molecular weight excluding hydrogens is 315 g/mol. The minimum Gasteiger partial charge on any atom is -0.872 e. The molecule has 2 aromatic heterocycles. The van der Waals surface area contributed by atoms with Crippen LogP contribution in [0.2, 0.25) is 0 Å². The molecule has 0 saturated carbocycles. The predicted molar refractivity (Wildman–Crippen MR) is 100 cm³/mol. The SMILES string of the molecule is [2H]C([2H])([2H])c1cc(-n2c3ccccc3c3cc(C)c([O-])c(C)c32)[n+](C)cc1C.[Li+]. The van der Waals surface area contributed by atoms with Gasteiger partial charge in [-0.25, -0.2) is 4.57 Å². The van der Waals surface area contributed by atoms with Crippen molar-refractivity contribution in [1.29, 1.82) is 0 Å². The maximum atomic E-state index is 12.7. The summed E-state index contributed by atoms with van der Waals surface area (Å²) in [5.41, 5.74) is 4.18. The number of benzene rings is 2. The summed E-state index contributed by atoms with van der Waals surface area (Å²) in [6.07, 6.45) is 1.83. The van der Waals surface area contributed by atoms with Crippen LogP contribution in [0.15, 0.2) is 42.6 Å². The minimum atomic E-state index is -2.21. The van der Waals surface area contributed by atoms with Crippen molar-refractivity contribution in [2.75, 3.05) is 0 Å². The van der Waals surface area contributed by atoms with Crippen molar-refractivity contribution >= 4 is 21.8 Å². The number of hydrogen-bond acceptors (Lipinski definition) is 1. The van der Waals surface area contributed by atoms with Crippen molar-refractivity contribution in [1.82, 2.24) is 4.57 Å². The topological polar surface area (TPSA) is 31.9 Å². The smallest absolute Gasteiger partial charge is 0.872 e. The monoisotopic (exact) mass is 340 g/mol. The Hall–Kier alpha value is -2.21. The van der Waals surface area contributed by atoms with Gasteiger partial charge in [0.05, 0.1) is 13.2 Å². The first-order valence-corrected chi connectivity index (χ1v) is 8.32. The normalized spacial score (nSPS) is 13.3. The van der Waals surface area contributed by atoms with E-state index in [0.717, 1.165) is 21.8 Å². The first-order valence-electron chi connectivity index (χ1n) is 9.82. The Morgan fingerprint density at radius 2 is 1.73 bits per heavy atom. The first-order chi connectivity index (χ1) is 13.1.